The highest BCUT2D eigenvalue weighted by molar-refractivity contribution is 6.30. The van der Waals surface area contributed by atoms with Crippen molar-refractivity contribution in [2.24, 2.45) is 0 Å². The zero-order valence-electron chi connectivity index (χ0n) is 11.3. The topological polar surface area (TPSA) is 38.0 Å². The third-order valence-electron chi connectivity index (χ3n) is 3.21. The van der Waals surface area contributed by atoms with Crippen molar-refractivity contribution in [3.8, 4) is 0 Å². The second-order valence-corrected chi connectivity index (χ2v) is 5.45. The van der Waals surface area contributed by atoms with Crippen LogP contribution in [0.4, 0.5) is 0 Å². The van der Waals surface area contributed by atoms with Crippen LogP contribution in [0.3, 0.4) is 0 Å². The number of aromatic nitrogens is 2. The van der Waals surface area contributed by atoms with Gasteiger partial charge in [-0.25, -0.2) is 0 Å². The van der Waals surface area contributed by atoms with E-state index in [-0.39, 0.29) is 12.5 Å². The molecule has 0 amide bonds. The van der Waals surface area contributed by atoms with E-state index in [1.54, 1.807) is 0 Å². The van der Waals surface area contributed by atoms with Crippen LogP contribution in [0, 0.1) is 0 Å². The lowest BCUT2D eigenvalue weighted by Gasteiger charge is -2.13. The van der Waals surface area contributed by atoms with Gasteiger partial charge in [-0.3, -0.25) is 4.68 Å². The Morgan fingerprint density at radius 2 is 1.89 bits per heavy atom. The van der Waals surface area contributed by atoms with Crippen molar-refractivity contribution in [1.82, 2.24) is 9.78 Å². The molecule has 0 aliphatic rings. The monoisotopic (exact) mass is 278 g/mol. The van der Waals surface area contributed by atoms with Gasteiger partial charge in [-0.05, 0) is 37.6 Å². The van der Waals surface area contributed by atoms with Gasteiger partial charge < -0.3 is 5.11 Å². The average molecular weight is 279 g/mol. The summed E-state index contributed by atoms with van der Waals surface area (Å²) in [6.45, 7) is 4.30. The zero-order valence-corrected chi connectivity index (χ0v) is 12.0. The van der Waals surface area contributed by atoms with E-state index in [1.807, 2.05) is 41.2 Å². The summed E-state index contributed by atoms with van der Waals surface area (Å²) >= 11 is 5.88. The summed E-state index contributed by atoms with van der Waals surface area (Å²) in [5.74, 6) is 0.0628. The summed E-state index contributed by atoms with van der Waals surface area (Å²) in [4.78, 5) is 0. The quantitative estimate of drug-likeness (QED) is 0.910. The van der Waals surface area contributed by atoms with Crippen molar-refractivity contribution < 1.29 is 5.11 Å². The number of aliphatic hydroxyl groups is 1. The van der Waals surface area contributed by atoms with Crippen LogP contribution >= 0.6 is 11.6 Å². The van der Waals surface area contributed by atoms with Gasteiger partial charge >= 0.3 is 0 Å². The number of aliphatic hydroxyl groups excluding tert-OH is 1. The van der Waals surface area contributed by atoms with Gasteiger partial charge in [0.2, 0.25) is 0 Å². The van der Waals surface area contributed by atoms with Crippen LogP contribution < -0.4 is 0 Å². The highest BCUT2D eigenvalue weighted by Gasteiger charge is 2.13. The molecule has 0 aliphatic heterocycles. The predicted octanol–water partition coefficient (Wildman–Crippen LogP) is 3.44. The molecule has 0 fully saturated rings. The first kappa shape index (κ1) is 14.1. The van der Waals surface area contributed by atoms with E-state index in [1.165, 1.54) is 0 Å². The minimum Gasteiger partial charge on any atom is -0.396 e. The molecule has 0 saturated carbocycles. The molecule has 0 saturated heterocycles. The van der Waals surface area contributed by atoms with Crippen LogP contribution in [-0.4, -0.2) is 21.5 Å². The largest absolute Gasteiger partial charge is 0.396 e. The van der Waals surface area contributed by atoms with Gasteiger partial charge in [0, 0.05) is 29.6 Å². The molecule has 2 aromatic rings. The molecule has 0 spiro atoms. The van der Waals surface area contributed by atoms with E-state index < -0.39 is 0 Å². The second-order valence-electron chi connectivity index (χ2n) is 5.02. The van der Waals surface area contributed by atoms with E-state index in [4.69, 9.17) is 11.6 Å². The molecule has 19 heavy (non-hydrogen) atoms. The molecule has 102 valence electrons. The van der Waals surface area contributed by atoms with Crippen LogP contribution in [0.25, 0.3) is 0 Å². The molecule has 1 atom stereocenters. The fraction of sp³-hybridized carbons (Fsp3) is 0.400. The van der Waals surface area contributed by atoms with Crippen LogP contribution in [0.5, 0.6) is 0 Å². The number of hydrogen-bond donors (Lipinski definition) is 1. The molecule has 3 nitrogen and oxygen atoms in total. The highest BCUT2D eigenvalue weighted by atomic mass is 35.5. The molecule has 0 radical (unpaired) electrons. The van der Waals surface area contributed by atoms with Crippen molar-refractivity contribution >= 4 is 11.6 Å². The lowest BCUT2D eigenvalue weighted by molar-refractivity contribution is 0.263. The van der Waals surface area contributed by atoms with Gasteiger partial charge in [0.05, 0.1) is 12.3 Å². The summed E-state index contributed by atoms with van der Waals surface area (Å²) in [7, 11) is 0. The van der Waals surface area contributed by atoms with Gasteiger partial charge in [-0.1, -0.05) is 23.7 Å². The summed E-state index contributed by atoms with van der Waals surface area (Å²) in [5, 5.41) is 14.8. The van der Waals surface area contributed by atoms with E-state index >= 15 is 0 Å². The van der Waals surface area contributed by atoms with Crippen molar-refractivity contribution in [3.05, 3.63) is 52.8 Å². The number of rotatable bonds is 5. The molecule has 1 N–H and O–H groups in total. The van der Waals surface area contributed by atoms with Crippen molar-refractivity contribution in [1.29, 1.82) is 0 Å². The van der Waals surface area contributed by atoms with Crippen molar-refractivity contribution in [3.63, 3.8) is 0 Å². The Hall–Kier alpha value is -1.32. The molecule has 1 unspecified atom stereocenters. The first-order valence-electron chi connectivity index (χ1n) is 6.50. The van der Waals surface area contributed by atoms with Crippen LogP contribution in [0.15, 0.2) is 36.5 Å². The maximum absolute atomic E-state index is 9.56. The normalized spacial score (nSPS) is 12.9. The van der Waals surface area contributed by atoms with Crippen LogP contribution in [0.2, 0.25) is 5.02 Å². The molecule has 0 bridgehead atoms. The average Bonchev–Trinajstić information content (AvgIpc) is 2.86. The summed E-state index contributed by atoms with van der Waals surface area (Å²) in [6.07, 6.45) is 2.72. The molecule has 1 heterocycles. The Balaban J connectivity index is 2.12. The summed E-state index contributed by atoms with van der Waals surface area (Å²) in [6, 6.07) is 10.00. The lowest BCUT2D eigenvalue weighted by atomic mass is 9.95. The fourth-order valence-electron chi connectivity index (χ4n) is 2.05. The minimum absolute atomic E-state index is 0.0628. The molecule has 0 aliphatic carbocycles. The highest BCUT2D eigenvalue weighted by Crippen LogP contribution is 2.22. The van der Waals surface area contributed by atoms with Gasteiger partial charge in [-0.15, -0.1) is 0 Å². The van der Waals surface area contributed by atoms with Gasteiger partial charge in [-0.2, -0.15) is 5.10 Å². The predicted molar refractivity (Wildman–Crippen MR) is 77.6 cm³/mol. The van der Waals surface area contributed by atoms with Crippen molar-refractivity contribution in [2.45, 2.75) is 32.2 Å². The summed E-state index contributed by atoms with van der Waals surface area (Å²) < 4.78 is 1.94. The van der Waals surface area contributed by atoms with E-state index in [0.29, 0.717) is 11.1 Å². The standard InChI is InChI=1S/C15H19ClN2O/c1-11(2)18-8-7-15(17-18)9-13(10-19)12-3-5-14(16)6-4-12/h3-8,11,13,19H,9-10H2,1-2H3. The van der Waals surface area contributed by atoms with E-state index in [0.717, 1.165) is 17.7 Å². The van der Waals surface area contributed by atoms with E-state index in [9.17, 15) is 5.11 Å². The molecular formula is C15H19ClN2O. The number of halogens is 1. The smallest absolute Gasteiger partial charge is 0.0631 e. The Labute approximate surface area is 118 Å². The molecular weight excluding hydrogens is 260 g/mol. The van der Waals surface area contributed by atoms with Crippen LogP contribution in [0.1, 0.15) is 37.1 Å². The molecule has 1 aromatic carbocycles. The zero-order chi connectivity index (χ0) is 13.8. The summed E-state index contributed by atoms with van der Waals surface area (Å²) in [5.41, 5.74) is 2.09. The third kappa shape index (κ3) is 3.58. The van der Waals surface area contributed by atoms with E-state index in [2.05, 4.69) is 18.9 Å². The first-order chi connectivity index (χ1) is 9.10. The first-order valence-corrected chi connectivity index (χ1v) is 6.88. The fourth-order valence-corrected chi connectivity index (χ4v) is 2.18. The van der Waals surface area contributed by atoms with Crippen LogP contribution in [-0.2, 0) is 6.42 Å². The molecule has 1 aromatic heterocycles. The number of hydrogen-bond acceptors (Lipinski definition) is 2. The number of nitrogens with zero attached hydrogens (tertiary/aromatic N) is 2. The molecule has 4 heteroatoms. The maximum atomic E-state index is 9.56. The Kier molecular flexibility index (Phi) is 4.61. The lowest BCUT2D eigenvalue weighted by Crippen LogP contribution is -2.09. The SMILES string of the molecule is CC(C)n1ccc(CC(CO)c2ccc(Cl)cc2)n1. The number of benzene rings is 1. The Morgan fingerprint density at radius 1 is 1.21 bits per heavy atom. The molecule has 2 rings (SSSR count). The second kappa shape index (κ2) is 6.22. The van der Waals surface area contributed by atoms with Gasteiger partial charge in [0.1, 0.15) is 0 Å². The Bertz CT molecular complexity index is 519. The minimum atomic E-state index is 0.0628. The Morgan fingerprint density at radius 3 is 2.42 bits per heavy atom. The van der Waals surface area contributed by atoms with Gasteiger partial charge in [0.25, 0.3) is 0 Å². The van der Waals surface area contributed by atoms with Crippen molar-refractivity contribution in [2.75, 3.05) is 6.61 Å². The van der Waals surface area contributed by atoms with Gasteiger partial charge in [0.15, 0.2) is 0 Å². The third-order valence-corrected chi connectivity index (χ3v) is 3.46. The maximum Gasteiger partial charge on any atom is 0.0631 e.